The maximum absolute atomic E-state index is 13.3. The first-order chi connectivity index (χ1) is 9.04. The molecule has 19 heavy (non-hydrogen) atoms. The van der Waals surface area contributed by atoms with Crippen molar-refractivity contribution in [3.05, 3.63) is 35.1 Å². The van der Waals surface area contributed by atoms with E-state index in [1.807, 2.05) is 0 Å². The number of rotatable bonds is 3. The molecule has 0 radical (unpaired) electrons. The molecule has 0 spiro atoms. The number of hydrogen-bond acceptors (Lipinski definition) is 1. The summed E-state index contributed by atoms with van der Waals surface area (Å²) >= 11 is 0. The Bertz CT molecular complexity index is 424. The first-order valence-electron chi connectivity index (χ1n) is 6.94. The van der Waals surface area contributed by atoms with E-state index in [9.17, 15) is 13.2 Å². The molecule has 0 heterocycles. The summed E-state index contributed by atoms with van der Waals surface area (Å²) in [5.74, 6) is -3.03. The summed E-state index contributed by atoms with van der Waals surface area (Å²) in [6.07, 6.45) is 5.39. The third-order valence-electron chi connectivity index (χ3n) is 4.34. The van der Waals surface area contributed by atoms with Crippen molar-refractivity contribution < 1.29 is 13.2 Å². The lowest BCUT2D eigenvalue weighted by atomic mass is 9.72. The van der Waals surface area contributed by atoms with Crippen LogP contribution in [-0.2, 0) is 0 Å². The largest absolute Gasteiger partial charge is 0.324 e. The molecule has 1 aliphatic carbocycles. The van der Waals surface area contributed by atoms with Crippen molar-refractivity contribution in [3.63, 3.8) is 0 Å². The standard InChI is InChI=1S/C15H20F3N/c1-2-9-5-3-4-6-11(9)15(19)10-7-12(16)14(18)13(17)8-10/h7-9,11,15H,2-6,19H2,1H3. The molecule has 1 nitrogen and oxygen atoms in total. The molecule has 2 rings (SSSR count). The van der Waals surface area contributed by atoms with Crippen LogP contribution in [0.4, 0.5) is 13.2 Å². The molecule has 3 atom stereocenters. The molecule has 3 unspecified atom stereocenters. The first kappa shape index (κ1) is 14.4. The lowest BCUT2D eigenvalue weighted by Gasteiger charge is -2.35. The molecule has 1 aliphatic rings. The maximum Gasteiger partial charge on any atom is 0.194 e. The maximum atomic E-state index is 13.3. The van der Waals surface area contributed by atoms with Gasteiger partial charge in [0.1, 0.15) is 0 Å². The van der Waals surface area contributed by atoms with Gasteiger partial charge in [-0.3, -0.25) is 0 Å². The molecule has 0 aromatic heterocycles. The highest BCUT2D eigenvalue weighted by atomic mass is 19.2. The van der Waals surface area contributed by atoms with E-state index < -0.39 is 23.5 Å². The van der Waals surface area contributed by atoms with Gasteiger partial charge in [-0.05, 0) is 36.0 Å². The van der Waals surface area contributed by atoms with Crippen LogP contribution in [0.15, 0.2) is 12.1 Å². The Morgan fingerprint density at radius 1 is 1.16 bits per heavy atom. The Kier molecular flexibility index (Phi) is 4.50. The van der Waals surface area contributed by atoms with Gasteiger partial charge in [-0.25, -0.2) is 13.2 Å². The van der Waals surface area contributed by atoms with Crippen molar-refractivity contribution in [1.29, 1.82) is 0 Å². The van der Waals surface area contributed by atoms with E-state index in [4.69, 9.17) is 5.73 Å². The summed E-state index contributed by atoms with van der Waals surface area (Å²) in [7, 11) is 0. The molecule has 1 aromatic carbocycles. The Hall–Kier alpha value is -1.03. The zero-order valence-corrected chi connectivity index (χ0v) is 11.1. The smallest absolute Gasteiger partial charge is 0.194 e. The van der Waals surface area contributed by atoms with Crippen LogP contribution in [0.25, 0.3) is 0 Å². The lowest BCUT2D eigenvalue weighted by Crippen LogP contribution is -2.30. The minimum Gasteiger partial charge on any atom is -0.324 e. The van der Waals surface area contributed by atoms with Crippen LogP contribution in [0.5, 0.6) is 0 Å². The van der Waals surface area contributed by atoms with Crippen LogP contribution in [0.1, 0.15) is 50.6 Å². The van der Waals surface area contributed by atoms with Crippen LogP contribution in [-0.4, -0.2) is 0 Å². The molecule has 106 valence electrons. The van der Waals surface area contributed by atoms with E-state index in [2.05, 4.69) is 6.92 Å². The van der Waals surface area contributed by atoms with Crippen molar-refractivity contribution in [2.24, 2.45) is 17.6 Å². The molecule has 1 saturated carbocycles. The highest BCUT2D eigenvalue weighted by molar-refractivity contribution is 5.23. The first-order valence-corrected chi connectivity index (χ1v) is 6.94. The van der Waals surface area contributed by atoms with Crippen molar-refractivity contribution in [2.75, 3.05) is 0 Å². The monoisotopic (exact) mass is 271 g/mol. The van der Waals surface area contributed by atoms with Gasteiger partial charge >= 0.3 is 0 Å². The molecule has 1 fully saturated rings. The Morgan fingerprint density at radius 2 is 1.74 bits per heavy atom. The fourth-order valence-corrected chi connectivity index (χ4v) is 3.23. The highest BCUT2D eigenvalue weighted by Crippen LogP contribution is 2.39. The van der Waals surface area contributed by atoms with Crippen LogP contribution < -0.4 is 5.73 Å². The second kappa shape index (κ2) is 5.95. The Labute approximate surface area is 112 Å². The predicted molar refractivity (Wildman–Crippen MR) is 69.0 cm³/mol. The minimum absolute atomic E-state index is 0.225. The van der Waals surface area contributed by atoms with E-state index >= 15 is 0 Å². The van der Waals surface area contributed by atoms with Crippen LogP contribution in [0.2, 0.25) is 0 Å². The average Bonchev–Trinajstić information content (AvgIpc) is 2.43. The fourth-order valence-electron chi connectivity index (χ4n) is 3.23. The van der Waals surface area contributed by atoms with Gasteiger partial charge in [-0.2, -0.15) is 0 Å². The van der Waals surface area contributed by atoms with Gasteiger partial charge in [0.15, 0.2) is 17.5 Å². The third kappa shape index (κ3) is 2.94. The van der Waals surface area contributed by atoms with E-state index in [-0.39, 0.29) is 5.92 Å². The average molecular weight is 271 g/mol. The molecular formula is C15H20F3N. The SMILES string of the molecule is CCC1CCCCC1C(N)c1cc(F)c(F)c(F)c1. The van der Waals surface area contributed by atoms with E-state index in [0.29, 0.717) is 11.5 Å². The molecule has 1 aromatic rings. The van der Waals surface area contributed by atoms with Crippen molar-refractivity contribution in [1.82, 2.24) is 0 Å². The molecule has 0 saturated heterocycles. The van der Waals surface area contributed by atoms with Gasteiger partial charge in [0, 0.05) is 6.04 Å². The number of nitrogens with two attached hydrogens (primary N) is 1. The zero-order chi connectivity index (χ0) is 14.0. The summed E-state index contributed by atoms with van der Waals surface area (Å²) in [4.78, 5) is 0. The van der Waals surface area contributed by atoms with E-state index in [0.717, 1.165) is 37.8 Å². The minimum atomic E-state index is -1.42. The predicted octanol–water partition coefficient (Wildman–Crippen LogP) is 4.32. The molecule has 0 amide bonds. The summed E-state index contributed by atoms with van der Waals surface area (Å²) in [6.45, 7) is 2.11. The Morgan fingerprint density at radius 3 is 2.32 bits per heavy atom. The van der Waals surface area contributed by atoms with Crippen LogP contribution >= 0.6 is 0 Å². The molecule has 0 bridgehead atoms. The van der Waals surface area contributed by atoms with Crippen molar-refractivity contribution in [3.8, 4) is 0 Å². The number of benzene rings is 1. The lowest BCUT2D eigenvalue weighted by molar-refractivity contribution is 0.196. The second-order valence-electron chi connectivity index (χ2n) is 5.44. The van der Waals surface area contributed by atoms with Gasteiger partial charge in [0.2, 0.25) is 0 Å². The highest BCUT2D eigenvalue weighted by Gasteiger charge is 2.30. The van der Waals surface area contributed by atoms with Crippen molar-refractivity contribution in [2.45, 2.75) is 45.1 Å². The number of halogens is 3. The van der Waals surface area contributed by atoms with Crippen LogP contribution in [0.3, 0.4) is 0 Å². The molecule has 2 N–H and O–H groups in total. The summed E-state index contributed by atoms with van der Waals surface area (Å²) in [5, 5.41) is 0. The topological polar surface area (TPSA) is 26.0 Å². The fraction of sp³-hybridized carbons (Fsp3) is 0.600. The summed E-state index contributed by atoms with van der Waals surface area (Å²) in [6, 6.07) is 1.64. The summed E-state index contributed by atoms with van der Waals surface area (Å²) < 4.78 is 39.5. The van der Waals surface area contributed by atoms with Crippen LogP contribution in [0, 0.1) is 29.3 Å². The second-order valence-corrected chi connectivity index (χ2v) is 5.44. The van der Waals surface area contributed by atoms with Gasteiger partial charge in [0.05, 0.1) is 0 Å². The normalized spacial score (nSPS) is 25.3. The molecular weight excluding hydrogens is 251 g/mol. The van der Waals surface area contributed by atoms with Crippen molar-refractivity contribution >= 4 is 0 Å². The van der Waals surface area contributed by atoms with Gasteiger partial charge < -0.3 is 5.73 Å². The number of hydrogen-bond donors (Lipinski definition) is 1. The quantitative estimate of drug-likeness (QED) is 0.814. The Balaban J connectivity index is 2.25. The van der Waals surface area contributed by atoms with Gasteiger partial charge in [0.25, 0.3) is 0 Å². The van der Waals surface area contributed by atoms with E-state index in [1.54, 1.807) is 0 Å². The summed E-state index contributed by atoms with van der Waals surface area (Å²) in [5.41, 5.74) is 6.53. The van der Waals surface area contributed by atoms with Gasteiger partial charge in [-0.1, -0.05) is 32.6 Å². The molecule has 0 aliphatic heterocycles. The molecule has 4 heteroatoms. The zero-order valence-electron chi connectivity index (χ0n) is 11.1. The van der Waals surface area contributed by atoms with E-state index in [1.165, 1.54) is 6.42 Å². The third-order valence-corrected chi connectivity index (χ3v) is 4.34. The van der Waals surface area contributed by atoms with Gasteiger partial charge in [-0.15, -0.1) is 0 Å².